The smallest absolute Gasteiger partial charge is 0.270 e. The molecule has 0 spiro atoms. The van der Waals surface area contributed by atoms with Crippen molar-refractivity contribution in [3.8, 4) is 0 Å². The fourth-order valence-corrected chi connectivity index (χ4v) is 4.12. The Morgan fingerprint density at radius 1 is 1.07 bits per heavy atom. The number of rotatable bonds is 4. The summed E-state index contributed by atoms with van der Waals surface area (Å²) in [5.41, 5.74) is 3.49. The molecule has 4 rings (SSSR count). The van der Waals surface area contributed by atoms with E-state index >= 15 is 0 Å². The first-order chi connectivity index (χ1) is 13.7. The molecule has 2 fully saturated rings. The van der Waals surface area contributed by atoms with Gasteiger partial charge in [0.15, 0.2) is 0 Å². The van der Waals surface area contributed by atoms with Crippen molar-refractivity contribution in [2.24, 2.45) is 0 Å². The highest BCUT2D eigenvalue weighted by Crippen LogP contribution is 2.25. The maximum atomic E-state index is 13.2. The van der Waals surface area contributed by atoms with Crippen LogP contribution in [0.3, 0.4) is 0 Å². The third-order valence-electron chi connectivity index (χ3n) is 5.83. The fourth-order valence-electron chi connectivity index (χ4n) is 4.12. The average molecular weight is 417 g/mol. The number of carbonyl (C=O) groups is 2. The predicted octanol–water partition coefficient (Wildman–Crippen LogP) is 3.02. The highest BCUT2D eigenvalue weighted by atomic mass is 35.5. The average Bonchev–Trinajstić information content (AvgIpc) is 3.45. The molecule has 2 aliphatic heterocycles. The van der Waals surface area contributed by atoms with Crippen LogP contribution in [-0.4, -0.2) is 59.3 Å². The van der Waals surface area contributed by atoms with E-state index in [0.29, 0.717) is 17.8 Å². The first-order valence-electron chi connectivity index (χ1n) is 10.3. The first-order valence-corrected chi connectivity index (χ1v) is 10.3. The van der Waals surface area contributed by atoms with E-state index in [4.69, 9.17) is 0 Å². The van der Waals surface area contributed by atoms with Gasteiger partial charge in [0.25, 0.3) is 11.8 Å². The Bertz CT molecular complexity index is 843. The van der Waals surface area contributed by atoms with E-state index in [2.05, 4.69) is 41.5 Å². The van der Waals surface area contributed by atoms with Crippen molar-refractivity contribution < 1.29 is 9.59 Å². The summed E-state index contributed by atoms with van der Waals surface area (Å²) in [6.45, 7) is 5.91. The number of aromatic nitrogens is 1. The second-order valence-electron chi connectivity index (χ2n) is 7.61. The van der Waals surface area contributed by atoms with Gasteiger partial charge in [-0.3, -0.25) is 9.59 Å². The molecule has 156 valence electrons. The van der Waals surface area contributed by atoms with E-state index in [1.165, 1.54) is 5.56 Å². The SMILES string of the molecule is CCc1ccc(C2CNCCN2C(=O)c2c[nH]c(C(=O)N3CCCC3)c2)cc1.Cl. The molecule has 7 heteroatoms. The second-order valence-corrected chi connectivity index (χ2v) is 7.61. The van der Waals surface area contributed by atoms with Crippen LogP contribution in [0.25, 0.3) is 0 Å². The number of benzene rings is 1. The Kier molecular flexibility index (Phi) is 6.98. The molecule has 2 saturated heterocycles. The Hall–Kier alpha value is -2.31. The summed E-state index contributed by atoms with van der Waals surface area (Å²) in [6.07, 6.45) is 4.78. The van der Waals surface area contributed by atoms with Gasteiger partial charge in [0.05, 0.1) is 11.6 Å². The highest BCUT2D eigenvalue weighted by molar-refractivity contribution is 5.99. The molecule has 1 unspecified atom stereocenters. The third-order valence-corrected chi connectivity index (χ3v) is 5.83. The molecule has 1 aromatic carbocycles. The van der Waals surface area contributed by atoms with E-state index in [1.54, 1.807) is 12.3 Å². The largest absolute Gasteiger partial charge is 0.356 e. The summed E-state index contributed by atoms with van der Waals surface area (Å²) >= 11 is 0. The maximum Gasteiger partial charge on any atom is 0.270 e. The zero-order valence-corrected chi connectivity index (χ0v) is 17.6. The van der Waals surface area contributed by atoms with E-state index in [0.717, 1.165) is 51.0 Å². The molecule has 6 nitrogen and oxygen atoms in total. The van der Waals surface area contributed by atoms with Gasteiger partial charge >= 0.3 is 0 Å². The number of hydrogen-bond acceptors (Lipinski definition) is 3. The lowest BCUT2D eigenvalue weighted by molar-refractivity contribution is 0.0634. The third kappa shape index (κ3) is 4.49. The first kappa shape index (κ1) is 21.4. The molecule has 1 aromatic heterocycles. The van der Waals surface area contributed by atoms with Crippen molar-refractivity contribution in [1.29, 1.82) is 0 Å². The number of aryl methyl sites for hydroxylation is 1. The molecule has 29 heavy (non-hydrogen) atoms. The molecule has 0 radical (unpaired) electrons. The Morgan fingerprint density at radius 2 is 1.79 bits per heavy atom. The van der Waals surface area contributed by atoms with Crippen LogP contribution in [0, 0.1) is 0 Å². The van der Waals surface area contributed by atoms with Crippen LogP contribution in [0.1, 0.15) is 57.8 Å². The Morgan fingerprint density at radius 3 is 2.48 bits per heavy atom. The van der Waals surface area contributed by atoms with Crippen LogP contribution in [0.5, 0.6) is 0 Å². The van der Waals surface area contributed by atoms with Crippen LogP contribution in [0.4, 0.5) is 0 Å². The number of likely N-dealkylation sites (tertiary alicyclic amines) is 1. The number of halogens is 1. The van der Waals surface area contributed by atoms with Gasteiger partial charge in [0, 0.05) is 38.9 Å². The summed E-state index contributed by atoms with van der Waals surface area (Å²) in [7, 11) is 0. The minimum absolute atomic E-state index is 0. The van der Waals surface area contributed by atoms with Crippen LogP contribution < -0.4 is 5.32 Å². The number of amides is 2. The molecule has 0 saturated carbocycles. The zero-order valence-electron chi connectivity index (χ0n) is 16.8. The minimum atomic E-state index is -0.0252. The lowest BCUT2D eigenvalue weighted by atomic mass is 10.0. The lowest BCUT2D eigenvalue weighted by Gasteiger charge is -2.36. The molecule has 1 atom stereocenters. The van der Waals surface area contributed by atoms with E-state index in [-0.39, 0.29) is 30.3 Å². The van der Waals surface area contributed by atoms with Gasteiger partial charge in [-0.2, -0.15) is 0 Å². The van der Waals surface area contributed by atoms with Crippen molar-refractivity contribution >= 4 is 24.2 Å². The topological polar surface area (TPSA) is 68.4 Å². The monoisotopic (exact) mass is 416 g/mol. The van der Waals surface area contributed by atoms with Gasteiger partial charge < -0.3 is 20.1 Å². The molecule has 3 heterocycles. The number of piperazine rings is 1. The van der Waals surface area contributed by atoms with Gasteiger partial charge in [-0.05, 0) is 36.5 Å². The number of hydrogen-bond donors (Lipinski definition) is 2. The van der Waals surface area contributed by atoms with Crippen molar-refractivity contribution in [3.05, 3.63) is 58.9 Å². The van der Waals surface area contributed by atoms with Gasteiger partial charge in [0.2, 0.25) is 0 Å². The molecular formula is C22H29ClN4O2. The quantitative estimate of drug-likeness (QED) is 0.804. The number of nitrogens with one attached hydrogen (secondary N) is 2. The van der Waals surface area contributed by atoms with E-state index < -0.39 is 0 Å². The fraction of sp³-hybridized carbons (Fsp3) is 0.455. The van der Waals surface area contributed by atoms with Crippen molar-refractivity contribution in [2.75, 3.05) is 32.7 Å². The van der Waals surface area contributed by atoms with Gasteiger partial charge in [0.1, 0.15) is 5.69 Å². The maximum absolute atomic E-state index is 13.2. The summed E-state index contributed by atoms with van der Waals surface area (Å²) in [6, 6.07) is 10.2. The van der Waals surface area contributed by atoms with Crippen LogP contribution in [-0.2, 0) is 6.42 Å². The number of carbonyl (C=O) groups excluding carboxylic acids is 2. The van der Waals surface area contributed by atoms with Crippen molar-refractivity contribution in [1.82, 2.24) is 20.1 Å². The van der Waals surface area contributed by atoms with E-state index in [9.17, 15) is 9.59 Å². The number of H-pyrrole nitrogens is 1. The van der Waals surface area contributed by atoms with Gasteiger partial charge in [-0.1, -0.05) is 31.2 Å². The summed E-state index contributed by atoms with van der Waals surface area (Å²) in [5.74, 6) is -0.0358. The van der Waals surface area contributed by atoms with Crippen LogP contribution in [0.15, 0.2) is 36.5 Å². The normalized spacial score (nSPS) is 19.1. The molecule has 0 bridgehead atoms. The van der Waals surface area contributed by atoms with Gasteiger partial charge in [-0.15, -0.1) is 12.4 Å². The molecular weight excluding hydrogens is 388 g/mol. The molecule has 2 N–H and O–H groups in total. The number of nitrogens with zero attached hydrogens (tertiary/aromatic N) is 2. The number of aromatic amines is 1. The van der Waals surface area contributed by atoms with E-state index in [1.807, 2.05) is 9.80 Å². The summed E-state index contributed by atoms with van der Waals surface area (Å²) < 4.78 is 0. The van der Waals surface area contributed by atoms with Crippen LogP contribution in [0.2, 0.25) is 0 Å². The Labute approximate surface area is 178 Å². The van der Waals surface area contributed by atoms with Crippen molar-refractivity contribution in [2.45, 2.75) is 32.2 Å². The van der Waals surface area contributed by atoms with Crippen LogP contribution >= 0.6 is 12.4 Å². The highest BCUT2D eigenvalue weighted by Gasteiger charge is 2.30. The molecule has 2 aliphatic rings. The Balaban J connectivity index is 0.00000240. The molecule has 0 aliphatic carbocycles. The molecule has 2 aromatic rings. The van der Waals surface area contributed by atoms with Crippen molar-refractivity contribution in [3.63, 3.8) is 0 Å². The molecule has 2 amide bonds. The lowest BCUT2D eigenvalue weighted by Crippen LogP contribution is -2.48. The summed E-state index contributed by atoms with van der Waals surface area (Å²) in [5, 5.41) is 3.40. The second kappa shape index (κ2) is 9.46. The van der Waals surface area contributed by atoms with Gasteiger partial charge in [-0.25, -0.2) is 0 Å². The standard InChI is InChI=1S/C22H28N4O2.ClH/c1-2-16-5-7-17(8-6-16)20-15-23-9-12-26(20)21(27)18-13-19(24-14-18)22(28)25-10-3-4-11-25;/h5-8,13-14,20,23-24H,2-4,9-12,15H2,1H3;1H. The zero-order chi connectivity index (χ0) is 19.5. The summed E-state index contributed by atoms with van der Waals surface area (Å²) in [4.78, 5) is 32.6. The minimum Gasteiger partial charge on any atom is -0.356 e. The predicted molar refractivity (Wildman–Crippen MR) is 116 cm³/mol.